The van der Waals surface area contributed by atoms with E-state index in [1.807, 2.05) is 12.1 Å². The second-order valence-electron chi connectivity index (χ2n) is 4.81. The van der Waals surface area contributed by atoms with Crippen LogP contribution in [-0.2, 0) is 5.88 Å². The number of hydrogen-bond acceptors (Lipinski definition) is 1. The van der Waals surface area contributed by atoms with E-state index in [-0.39, 0.29) is 0 Å². The summed E-state index contributed by atoms with van der Waals surface area (Å²) in [5.74, 6) is 0.478. The molecule has 1 nitrogen and oxygen atoms in total. The van der Waals surface area contributed by atoms with Gasteiger partial charge in [0.1, 0.15) is 0 Å². The average Bonchev–Trinajstić information content (AvgIpc) is 2.39. The third-order valence-electron chi connectivity index (χ3n) is 3.71. The van der Waals surface area contributed by atoms with Gasteiger partial charge < -0.3 is 4.90 Å². The van der Waals surface area contributed by atoms with E-state index < -0.39 is 0 Å². The quantitative estimate of drug-likeness (QED) is 0.711. The zero-order valence-electron chi connectivity index (χ0n) is 10.3. The van der Waals surface area contributed by atoms with E-state index in [1.54, 1.807) is 0 Å². The van der Waals surface area contributed by atoms with E-state index in [4.69, 9.17) is 23.2 Å². The van der Waals surface area contributed by atoms with Crippen LogP contribution in [0.3, 0.4) is 0 Å². The maximum atomic E-state index is 6.20. The lowest BCUT2D eigenvalue weighted by Crippen LogP contribution is -2.33. The average molecular weight is 272 g/mol. The van der Waals surface area contributed by atoms with E-state index in [0.717, 1.165) is 10.6 Å². The highest BCUT2D eigenvalue weighted by molar-refractivity contribution is 6.32. The Morgan fingerprint density at radius 1 is 1.24 bits per heavy atom. The first-order valence-electron chi connectivity index (χ1n) is 6.29. The van der Waals surface area contributed by atoms with Gasteiger partial charge in [-0.3, -0.25) is 0 Å². The second kappa shape index (κ2) is 5.97. The molecule has 17 heavy (non-hydrogen) atoms. The monoisotopic (exact) mass is 271 g/mol. The number of nitrogens with zero attached hydrogens (tertiary/aromatic N) is 1. The van der Waals surface area contributed by atoms with Crippen LogP contribution < -0.4 is 4.90 Å². The number of anilines is 1. The first-order chi connectivity index (χ1) is 8.22. The van der Waals surface area contributed by atoms with E-state index in [1.165, 1.54) is 37.8 Å². The Labute approximate surface area is 114 Å². The topological polar surface area (TPSA) is 3.24 Å². The van der Waals surface area contributed by atoms with Crippen molar-refractivity contribution in [2.24, 2.45) is 0 Å². The third-order valence-corrected chi connectivity index (χ3v) is 4.35. The first-order valence-corrected chi connectivity index (χ1v) is 7.21. The lowest BCUT2D eigenvalue weighted by molar-refractivity contribution is 0.427. The molecule has 3 heteroatoms. The van der Waals surface area contributed by atoms with Gasteiger partial charge in [0.2, 0.25) is 0 Å². The Bertz CT molecular complexity index is 372. The molecule has 0 unspecified atom stereocenters. The number of rotatable bonds is 3. The summed E-state index contributed by atoms with van der Waals surface area (Å²) in [6.45, 7) is 0. The summed E-state index contributed by atoms with van der Waals surface area (Å²) in [5, 5.41) is 0.778. The van der Waals surface area contributed by atoms with Crippen molar-refractivity contribution in [3.63, 3.8) is 0 Å². The van der Waals surface area contributed by atoms with Crippen molar-refractivity contribution in [1.82, 2.24) is 0 Å². The summed E-state index contributed by atoms with van der Waals surface area (Å²) in [7, 11) is 2.17. The Morgan fingerprint density at radius 2 is 1.94 bits per heavy atom. The Morgan fingerprint density at radius 3 is 2.53 bits per heavy atom. The molecular weight excluding hydrogens is 253 g/mol. The molecule has 0 N–H and O–H groups in total. The van der Waals surface area contributed by atoms with Crippen molar-refractivity contribution in [3.8, 4) is 0 Å². The molecule has 0 aromatic heterocycles. The minimum atomic E-state index is 0.478. The SMILES string of the molecule is CN(c1ccc(CCl)c(Cl)c1)C1CCCCC1. The number of alkyl halides is 1. The summed E-state index contributed by atoms with van der Waals surface area (Å²) in [6, 6.07) is 6.86. The molecule has 0 spiro atoms. The van der Waals surface area contributed by atoms with Crippen LogP contribution in [0.15, 0.2) is 18.2 Å². The fraction of sp³-hybridized carbons (Fsp3) is 0.571. The Balaban J connectivity index is 2.12. The van der Waals surface area contributed by atoms with Crippen molar-refractivity contribution in [2.75, 3.05) is 11.9 Å². The predicted molar refractivity (Wildman–Crippen MR) is 76.3 cm³/mol. The van der Waals surface area contributed by atoms with E-state index in [0.29, 0.717) is 11.9 Å². The van der Waals surface area contributed by atoms with Crippen molar-refractivity contribution in [1.29, 1.82) is 0 Å². The standard InChI is InChI=1S/C14H19Cl2N/c1-17(12-5-3-2-4-6-12)13-8-7-11(10-15)14(16)9-13/h7-9,12H,2-6,10H2,1H3. The van der Waals surface area contributed by atoms with Gasteiger partial charge in [-0.2, -0.15) is 0 Å². The van der Waals surface area contributed by atoms with Crippen molar-refractivity contribution < 1.29 is 0 Å². The fourth-order valence-corrected chi connectivity index (χ4v) is 3.09. The predicted octanol–water partition coefficient (Wildman–Crippen LogP) is 4.85. The normalized spacial score (nSPS) is 17.1. The summed E-state index contributed by atoms with van der Waals surface area (Å²) in [6.07, 6.45) is 6.68. The molecule has 0 bridgehead atoms. The molecule has 1 aromatic rings. The summed E-state index contributed by atoms with van der Waals surface area (Å²) >= 11 is 12.0. The minimum Gasteiger partial charge on any atom is -0.372 e. The van der Waals surface area contributed by atoms with Gasteiger partial charge in [0.25, 0.3) is 0 Å². The smallest absolute Gasteiger partial charge is 0.0488 e. The Kier molecular flexibility index (Phi) is 4.58. The highest BCUT2D eigenvalue weighted by atomic mass is 35.5. The molecule has 2 rings (SSSR count). The lowest BCUT2D eigenvalue weighted by Gasteiger charge is -2.33. The molecule has 1 aliphatic carbocycles. The third kappa shape index (κ3) is 3.08. The maximum Gasteiger partial charge on any atom is 0.0488 e. The van der Waals surface area contributed by atoms with Crippen LogP contribution in [0.4, 0.5) is 5.69 Å². The summed E-state index contributed by atoms with van der Waals surface area (Å²) in [5.41, 5.74) is 2.21. The summed E-state index contributed by atoms with van der Waals surface area (Å²) in [4.78, 5) is 2.36. The molecular formula is C14H19Cl2N. The molecule has 1 fully saturated rings. The first kappa shape index (κ1) is 13.0. The molecule has 94 valence electrons. The maximum absolute atomic E-state index is 6.20. The fourth-order valence-electron chi connectivity index (χ4n) is 2.54. The van der Waals surface area contributed by atoms with Crippen molar-refractivity contribution >= 4 is 28.9 Å². The van der Waals surface area contributed by atoms with Crippen molar-refractivity contribution in [2.45, 2.75) is 44.0 Å². The van der Waals surface area contributed by atoms with Crippen LogP contribution in [0, 0.1) is 0 Å². The van der Waals surface area contributed by atoms with Crippen LogP contribution in [-0.4, -0.2) is 13.1 Å². The molecule has 0 saturated heterocycles. The van der Waals surface area contributed by atoms with Crippen LogP contribution >= 0.6 is 23.2 Å². The van der Waals surface area contributed by atoms with Crippen LogP contribution in [0.1, 0.15) is 37.7 Å². The highest BCUT2D eigenvalue weighted by Gasteiger charge is 2.18. The van der Waals surface area contributed by atoms with Gasteiger partial charge in [0, 0.05) is 29.7 Å². The molecule has 0 aliphatic heterocycles. The molecule has 0 heterocycles. The zero-order valence-corrected chi connectivity index (χ0v) is 11.8. The van der Waals surface area contributed by atoms with E-state index >= 15 is 0 Å². The lowest BCUT2D eigenvalue weighted by atomic mass is 9.94. The Hall–Kier alpha value is -0.400. The molecule has 1 aliphatic rings. The molecule has 0 radical (unpaired) electrons. The van der Waals surface area contributed by atoms with Gasteiger partial charge in [-0.15, -0.1) is 11.6 Å². The number of benzene rings is 1. The molecule has 0 atom stereocenters. The number of hydrogen-bond donors (Lipinski definition) is 0. The van der Waals surface area contributed by atoms with Crippen LogP contribution in [0.5, 0.6) is 0 Å². The van der Waals surface area contributed by atoms with Gasteiger partial charge >= 0.3 is 0 Å². The summed E-state index contributed by atoms with van der Waals surface area (Å²) < 4.78 is 0. The largest absolute Gasteiger partial charge is 0.372 e. The molecule has 1 aromatic carbocycles. The van der Waals surface area contributed by atoms with Crippen LogP contribution in [0.25, 0.3) is 0 Å². The number of halogens is 2. The van der Waals surface area contributed by atoms with E-state index in [9.17, 15) is 0 Å². The molecule has 1 saturated carbocycles. The van der Waals surface area contributed by atoms with Gasteiger partial charge in [0.05, 0.1) is 0 Å². The van der Waals surface area contributed by atoms with Crippen molar-refractivity contribution in [3.05, 3.63) is 28.8 Å². The van der Waals surface area contributed by atoms with Gasteiger partial charge in [0.15, 0.2) is 0 Å². The second-order valence-corrected chi connectivity index (χ2v) is 5.49. The van der Waals surface area contributed by atoms with Gasteiger partial charge in [-0.1, -0.05) is 36.9 Å². The van der Waals surface area contributed by atoms with Crippen LogP contribution in [0.2, 0.25) is 5.02 Å². The van der Waals surface area contributed by atoms with Gasteiger partial charge in [-0.05, 0) is 30.5 Å². The van der Waals surface area contributed by atoms with Gasteiger partial charge in [-0.25, -0.2) is 0 Å². The molecule has 0 amide bonds. The highest BCUT2D eigenvalue weighted by Crippen LogP contribution is 2.29. The minimum absolute atomic E-state index is 0.478. The van der Waals surface area contributed by atoms with E-state index in [2.05, 4.69) is 18.0 Å². The zero-order chi connectivity index (χ0) is 12.3.